The number of piperidine rings is 1. The number of sulfonamides is 1. The normalized spacial score (nSPS) is 20.6. The van der Waals surface area contributed by atoms with Crippen molar-refractivity contribution in [1.82, 2.24) is 4.90 Å². The van der Waals surface area contributed by atoms with Gasteiger partial charge in [-0.2, -0.15) is 0 Å². The van der Waals surface area contributed by atoms with Gasteiger partial charge in [0.05, 0.1) is 23.0 Å². The minimum absolute atomic E-state index is 0.226. The minimum atomic E-state index is -3.97. The molecule has 2 heterocycles. The highest BCUT2D eigenvalue weighted by Gasteiger charge is 2.29. The lowest BCUT2D eigenvalue weighted by atomic mass is 10.0. The molecular formula is C15H22N4O5S. The molecule has 0 saturated carbocycles. The second-order valence-electron chi connectivity index (χ2n) is 6.32. The third-order valence-corrected chi connectivity index (χ3v) is 5.75. The molecular weight excluding hydrogens is 348 g/mol. The highest BCUT2D eigenvalue weighted by Crippen LogP contribution is 2.33. The molecule has 25 heavy (non-hydrogen) atoms. The van der Waals surface area contributed by atoms with Crippen molar-refractivity contribution in [2.45, 2.75) is 23.8 Å². The molecule has 138 valence electrons. The first-order valence-corrected chi connectivity index (χ1v) is 9.79. The fourth-order valence-corrected chi connectivity index (χ4v) is 4.04. The van der Waals surface area contributed by atoms with Crippen LogP contribution in [0, 0.1) is 10.1 Å². The number of rotatable bonds is 4. The van der Waals surface area contributed by atoms with Crippen molar-refractivity contribution in [3.05, 3.63) is 28.3 Å². The van der Waals surface area contributed by atoms with Crippen LogP contribution in [0.1, 0.15) is 12.8 Å². The molecule has 0 bridgehead atoms. The number of nitro benzene ring substituents is 1. The second kappa shape index (κ2) is 7.24. The summed E-state index contributed by atoms with van der Waals surface area (Å²) in [6.07, 6.45) is 1.82. The standard InChI is InChI=1S/C15H22N4O5S/c16-25(22,23)13-1-2-14(15(11-13)19(20)21)18-5-3-12(4-6-18)17-7-9-24-10-8-17/h1-2,11-12H,3-10H2,(H2,16,22,23). The molecule has 0 spiro atoms. The van der Waals surface area contributed by atoms with Gasteiger partial charge < -0.3 is 9.64 Å². The van der Waals surface area contributed by atoms with E-state index in [1.165, 1.54) is 12.1 Å². The van der Waals surface area contributed by atoms with Gasteiger partial charge in [-0.3, -0.25) is 15.0 Å². The third kappa shape index (κ3) is 4.09. The Hall–Kier alpha value is -1.75. The zero-order chi connectivity index (χ0) is 18.0. The number of anilines is 1. The summed E-state index contributed by atoms with van der Waals surface area (Å²) < 4.78 is 28.3. The Morgan fingerprint density at radius 1 is 1.16 bits per heavy atom. The Labute approximate surface area is 146 Å². The monoisotopic (exact) mass is 370 g/mol. The lowest BCUT2D eigenvalue weighted by molar-refractivity contribution is -0.384. The van der Waals surface area contributed by atoms with Crippen LogP contribution in [-0.2, 0) is 14.8 Å². The van der Waals surface area contributed by atoms with E-state index in [0.29, 0.717) is 24.8 Å². The molecule has 2 fully saturated rings. The third-order valence-electron chi connectivity index (χ3n) is 4.84. The average molecular weight is 370 g/mol. The minimum Gasteiger partial charge on any atom is -0.379 e. The predicted molar refractivity (Wildman–Crippen MR) is 92.1 cm³/mol. The van der Waals surface area contributed by atoms with Crippen LogP contribution in [0.4, 0.5) is 11.4 Å². The van der Waals surface area contributed by atoms with E-state index in [1.54, 1.807) is 0 Å². The summed E-state index contributed by atoms with van der Waals surface area (Å²) in [5.74, 6) is 0. The van der Waals surface area contributed by atoms with Crippen LogP contribution in [0.15, 0.2) is 23.1 Å². The smallest absolute Gasteiger partial charge is 0.293 e. The van der Waals surface area contributed by atoms with Crippen molar-refractivity contribution >= 4 is 21.4 Å². The first-order chi connectivity index (χ1) is 11.9. The van der Waals surface area contributed by atoms with E-state index in [2.05, 4.69) is 4.90 Å². The lowest BCUT2D eigenvalue weighted by Gasteiger charge is -2.40. The van der Waals surface area contributed by atoms with Gasteiger partial charge in [-0.1, -0.05) is 0 Å². The Balaban J connectivity index is 1.75. The summed E-state index contributed by atoms with van der Waals surface area (Å²) in [6.45, 7) is 4.73. The van der Waals surface area contributed by atoms with Crippen LogP contribution in [0.3, 0.4) is 0 Å². The molecule has 2 saturated heterocycles. The molecule has 0 unspecified atom stereocenters. The maximum Gasteiger partial charge on any atom is 0.293 e. The van der Waals surface area contributed by atoms with Gasteiger partial charge in [0.1, 0.15) is 5.69 Å². The SMILES string of the molecule is NS(=O)(=O)c1ccc(N2CCC(N3CCOCC3)CC2)c([N+](=O)[O-])c1. The van der Waals surface area contributed by atoms with E-state index in [0.717, 1.165) is 45.2 Å². The number of hydrogen-bond acceptors (Lipinski definition) is 7. The highest BCUT2D eigenvalue weighted by molar-refractivity contribution is 7.89. The van der Waals surface area contributed by atoms with Crippen molar-refractivity contribution in [3.8, 4) is 0 Å². The lowest BCUT2D eigenvalue weighted by Crippen LogP contribution is -2.49. The molecule has 10 heteroatoms. The topological polar surface area (TPSA) is 119 Å². The van der Waals surface area contributed by atoms with Crippen LogP contribution >= 0.6 is 0 Å². The molecule has 0 aromatic heterocycles. The van der Waals surface area contributed by atoms with Crippen molar-refractivity contribution in [1.29, 1.82) is 0 Å². The number of nitrogens with zero attached hydrogens (tertiary/aromatic N) is 3. The summed E-state index contributed by atoms with van der Waals surface area (Å²) in [5, 5.41) is 16.5. The van der Waals surface area contributed by atoms with Gasteiger partial charge >= 0.3 is 0 Å². The molecule has 0 aliphatic carbocycles. The van der Waals surface area contributed by atoms with Gasteiger partial charge in [0.15, 0.2) is 0 Å². The van der Waals surface area contributed by atoms with Crippen LogP contribution in [0.25, 0.3) is 0 Å². The summed E-state index contributed by atoms with van der Waals surface area (Å²) in [5.41, 5.74) is 0.217. The zero-order valence-corrected chi connectivity index (χ0v) is 14.7. The molecule has 2 aliphatic rings. The van der Waals surface area contributed by atoms with Gasteiger partial charge in [-0.05, 0) is 25.0 Å². The summed E-state index contributed by atoms with van der Waals surface area (Å²) in [6, 6.07) is 4.31. The molecule has 1 aromatic carbocycles. The van der Waals surface area contributed by atoms with E-state index in [-0.39, 0.29) is 10.6 Å². The van der Waals surface area contributed by atoms with Crippen molar-refractivity contribution < 1.29 is 18.1 Å². The van der Waals surface area contributed by atoms with Gasteiger partial charge in [-0.25, -0.2) is 13.6 Å². The second-order valence-corrected chi connectivity index (χ2v) is 7.88. The van der Waals surface area contributed by atoms with E-state index in [1.807, 2.05) is 4.90 Å². The largest absolute Gasteiger partial charge is 0.379 e. The predicted octanol–water partition coefficient (Wildman–Crippen LogP) is 0.543. The van der Waals surface area contributed by atoms with Gasteiger partial charge in [0.2, 0.25) is 10.0 Å². The fourth-order valence-electron chi connectivity index (χ4n) is 3.51. The Kier molecular flexibility index (Phi) is 5.23. The maximum atomic E-state index is 11.4. The van der Waals surface area contributed by atoms with Gasteiger partial charge in [-0.15, -0.1) is 0 Å². The number of primary sulfonamides is 1. The molecule has 0 radical (unpaired) electrons. The number of nitrogens with two attached hydrogens (primary N) is 1. The molecule has 1 aromatic rings. The van der Waals surface area contributed by atoms with E-state index in [9.17, 15) is 18.5 Å². The number of morpholine rings is 1. The van der Waals surface area contributed by atoms with Crippen molar-refractivity contribution in [2.75, 3.05) is 44.3 Å². The molecule has 9 nitrogen and oxygen atoms in total. The van der Waals surface area contributed by atoms with E-state index in [4.69, 9.17) is 9.88 Å². The summed E-state index contributed by atoms with van der Waals surface area (Å²) in [7, 11) is -3.97. The zero-order valence-electron chi connectivity index (χ0n) is 13.8. The number of ether oxygens (including phenoxy) is 1. The maximum absolute atomic E-state index is 11.4. The van der Waals surface area contributed by atoms with Crippen LogP contribution in [0.5, 0.6) is 0 Å². The molecule has 0 amide bonds. The molecule has 2 aliphatic heterocycles. The van der Waals surface area contributed by atoms with Gasteiger partial charge in [0.25, 0.3) is 5.69 Å². The average Bonchev–Trinajstić information content (AvgIpc) is 2.61. The van der Waals surface area contributed by atoms with Crippen LogP contribution in [-0.4, -0.2) is 63.7 Å². The number of nitro groups is 1. The summed E-state index contributed by atoms with van der Waals surface area (Å²) >= 11 is 0. The fraction of sp³-hybridized carbons (Fsp3) is 0.600. The Bertz CT molecular complexity index is 740. The first kappa shape index (κ1) is 18.1. The Morgan fingerprint density at radius 3 is 2.36 bits per heavy atom. The van der Waals surface area contributed by atoms with Crippen molar-refractivity contribution in [2.24, 2.45) is 5.14 Å². The summed E-state index contributed by atoms with van der Waals surface area (Å²) in [4.78, 5) is 14.9. The first-order valence-electron chi connectivity index (χ1n) is 8.24. The molecule has 0 atom stereocenters. The van der Waals surface area contributed by atoms with Crippen LogP contribution in [0.2, 0.25) is 0 Å². The van der Waals surface area contributed by atoms with Gasteiger partial charge in [0, 0.05) is 38.3 Å². The molecule has 2 N–H and O–H groups in total. The number of benzene rings is 1. The molecule has 3 rings (SSSR count). The van der Waals surface area contributed by atoms with E-state index >= 15 is 0 Å². The van der Waals surface area contributed by atoms with E-state index < -0.39 is 14.9 Å². The quantitative estimate of drug-likeness (QED) is 0.607. The number of hydrogen-bond donors (Lipinski definition) is 1. The highest BCUT2D eigenvalue weighted by atomic mass is 32.2. The van der Waals surface area contributed by atoms with Crippen molar-refractivity contribution in [3.63, 3.8) is 0 Å². The van der Waals surface area contributed by atoms with Crippen LogP contribution < -0.4 is 10.0 Å². The Morgan fingerprint density at radius 2 is 1.80 bits per heavy atom.